The molecule has 2 rings (SSSR count). The molecule has 1 aliphatic rings. The SMILES string of the molecule is CCCc1nc(Cl)c(C)c(N2CCC(C)(C(=O)NC)C2)n1. The fourth-order valence-electron chi connectivity index (χ4n) is 2.79. The van der Waals surface area contributed by atoms with Gasteiger partial charge in [-0.15, -0.1) is 0 Å². The molecule has 0 aromatic carbocycles. The molecule has 0 radical (unpaired) electrons. The van der Waals surface area contributed by atoms with Crippen molar-refractivity contribution < 1.29 is 4.79 Å². The minimum absolute atomic E-state index is 0.0802. The molecule has 1 aliphatic heterocycles. The molecule has 21 heavy (non-hydrogen) atoms. The van der Waals surface area contributed by atoms with E-state index in [9.17, 15) is 4.79 Å². The Labute approximate surface area is 131 Å². The highest BCUT2D eigenvalue weighted by Crippen LogP contribution is 2.35. The van der Waals surface area contributed by atoms with E-state index in [2.05, 4.69) is 27.1 Å². The molecule has 116 valence electrons. The fraction of sp³-hybridized carbons (Fsp3) is 0.667. The van der Waals surface area contributed by atoms with Crippen LogP contribution < -0.4 is 10.2 Å². The Hall–Kier alpha value is -1.36. The van der Waals surface area contributed by atoms with Gasteiger partial charge in [0, 0.05) is 32.1 Å². The van der Waals surface area contributed by atoms with Gasteiger partial charge in [-0.05, 0) is 26.7 Å². The first-order valence-corrected chi connectivity index (χ1v) is 7.79. The summed E-state index contributed by atoms with van der Waals surface area (Å²) in [4.78, 5) is 23.2. The first kappa shape index (κ1) is 16.0. The Bertz CT molecular complexity index is 549. The molecule has 0 aliphatic carbocycles. The molecule has 1 fully saturated rings. The van der Waals surface area contributed by atoms with Crippen molar-refractivity contribution in [1.82, 2.24) is 15.3 Å². The van der Waals surface area contributed by atoms with E-state index in [1.165, 1.54) is 0 Å². The number of amides is 1. The molecule has 1 saturated heterocycles. The summed E-state index contributed by atoms with van der Waals surface area (Å²) in [5.74, 6) is 1.72. The highest BCUT2D eigenvalue weighted by molar-refractivity contribution is 6.30. The number of anilines is 1. The average molecular weight is 311 g/mol. The van der Waals surface area contributed by atoms with Gasteiger partial charge in [0.2, 0.25) is 5.91 Å². The number of carbonyl (C=O) groups is 1. The second-order valence-corrected chi connectivity index (χ2v) is 6.30. The molecule has 1 aromatic heterocycles. The lowest BCUT2D eigenvalue weighted by atomic mass is 9.89. The highest BCUT2D eigenvalue weighted by Gasteiger charge is 2.40. The normalized spacial score (nSPS) is 21.7. The summed E-state index contributed by atoms with van der Waals surface area (Å²) >= 11 is 6.24. The topological polar surface area (TPSA) is 58.1 Å². The Kier molecular flexibility index (Phi) is 4.71. The lowest BCUT2D eigenvalue weighted by Gasteiger charge is -2.24. The van der Waals surface area contributed by atoms with Crippen LogP contribution >= 0.6 is 11.6 Å². The molecular formula is C15H23ClN4O. The van der Waals surface area contributed by atoms with Crippen molar-refractivity contribution in [3.8, 4) is 0 Å². The van der Waals surface area contributed by atoms with Gasteiger partial charge in [-0.3, -0.25) is 4.79 Å². The Balaban J connectivity index is 2.29. The third kappa shape index (κ3) is 3.12. The lowest BCUT2D eigenvalue weighted by molar-refractivity contribution is -0.128. The molecule has 1 atom stereocenters. The van der Waals surface area contributed by atoms with Gasteiger partial charge < -0.3 is 10.2 Å². The van der Waals surface area contributed by atoms with Crippen LogP contribution in [0.15, 0.2) is 0 Å². The largest absolute Gasteiger partial charge is 0.359 e. The Morgan fingerprint density at radius 3 is 2.81 bits per heavy atom. The standard InChI is InChI=1S/C15H23ClN4O/c1-5-6-11-18-12(16)10(2)13(19-11)20-8-7-15(3,9-20)14(21)17-4/h5-9H2,1-4H3,(H,17,21). The van der Waals surface area contributed by atoms with E-state index in [-0.39, 0.29) is 11.3 Å². The van der Waals surface area contributed by atoms with E-state index in [4.69, 9.17) is 11.6 Å². The molecule has 0 saturated carbocycles. The number of rotatable bonds is 4. The van der Waals surface area contributed by atoms with Crippen LogP contribution in [-0.4, -0.2) is 36.0 Å². The van der Waals surface area contributed by atoms with E-state index >= 15 is 0 Å². The monoisotopic (exact) mass is 310 g/mol. The van der Waals surface area contributed by atoms with Crippen LogP contribution in [0.4, 0.5) is 5.82 Å². The van der Waals surface area contributed by atoms with Gasteiger partial charge in [0.05, 0.1) is 5.41 Å². The van der Waals surface area contributed by atoms with Crippen molar-refractivity contribution in [2.24, 2.45) is 5.41 Å². The Morgan fingerprint density at radius 1 is 1.48 bits per heavy atom. The number of aryl methyl sites for hydroxylation is 1. The molecule has 1 N–H and O–H groups in total. The number of nitrogens with one attached hydrogen (secondary N) is 1. The zero-order chi connectivity index (χ0) is 15.6. The number of carbonyl (C=O) groups excluding carboxylic acids is 1. The van der Waals surface area contributed by atoms with Gasteiger partial charge in [-0.25, -0.2) is 9.97 Å². The summed E-state index contributed by atoms with van der Waals surface area (Å²) in [5, 5.41) is 3.26. The number of nitrogens with zero attached hydrogens (tertiary/aromatic N) is 3. The third-order valence-corrected chi connectivity index (χ3v) is 4.50. The molecule has 0 bridgehead atoms. The van der Waals surface area contributed by atoms with Crippen LogP contribution in [0.1, 0.15) is 38.1 Å². The fourth-order valence-corrected chi connectivity index (χ4v) is 2.97. The van der Waals surface area contributed by atoms with Gasteiger partial charge in [-0.2, -0.15) is 0 Å². The van der Waals surface area contributed by atoms with Crippen molar-refractivity contribution in [3.05, 3.63) is 16.5 Å². The van der Waals surface area contributed by atoms with Crippen molar-refractivity contribution in [2.75, 3.05) is 25.0 Å². The first-order valence-electron chi connectivity index (χ1n) is 7.41. The van der Waals surface area contributed by atoms with E-state index < -0.39 is 0 Å². The minimum Gasteiger partial charge on any atom is -0.359 e. The summed E-state index contributed by atoms with van der Waals surface area (Å²) < 4.78 is 0. The summed E-state index contributed by atoms with van der Waals surface area (Å²) in [7, 11) is 1.68. The molecule has 1 unspecified atom stereocenters. The van der Waals surface area contributed by atoms with Gasteiger partial charge in [0.15, 0.2) is 0 Å². The van der Waals surface area contributed by atoms with E-state index in [0.717, 1.165) is 43.0 Å². The average Bonchev–Trinajstić information content (AvgIpc) is 2.85. The van der Waals surface area contributed by atoms with Crippen molar-refractivity contribution >= 4 is 23.3 Å². The number of hydrogen-bond donors (Lipinski definition) is 1. The van der Waals surface area contributed by atoms with Gasteiger partial charge in [-0.1, -0.05) is 18.5 Å². The maximum absolute atomic E-state index is 12.0. The number of hydrogen-bond acceptors (Lipinski definition) is 4. The lowest BCUT2D eigenvalue weighted by Crippen LogP contribution is -2.39. The molecule has 0 spiro atoms. The van der Waals surface area contributed by atoms with Crippen LogP contribution in [0.3, 0.4) is 0 Å². The van der Waals surface area contributed by atoms with Crippen molar-refractivity contribution in [1.29, 1.82) is 0 Å². The zero-order valence-corrected chi connectivity index (χ0v) is 13.9. The van der Waals surface area contributed by atoms with Crippen LogP contribution in [0.2, 0.25) is 5.15 Å². The molecule has 6 heteroatoms. The molecule has 2 heterocycles. The quantitative estimate of drug-likeness (QED) is 0.867. The number of halogens is 1. The Morgan fingerprint density at radius 2 is 2.19 bits per heavy atom. The van der Waals surface area contributed by atoms with E-state index in [0.29, 0.717) is 11.7 Å². The number of aromatic nitrogens is 2. The highest BCUT2D eigenvalue weighted by atomic mass is 35.5. The van der Waals surface area contributed by atoms with Crippen molar-refractivity contribution in [3.63, 3.8) is 0 Å². The van der Waals surface area contributed by atoms with Gasteiger partial charge in [0.25, 0.3) is 0 Å². The van der Waals surface area contributed by atoms with Gasteiger partial charge >= 0.3 is 0 Å². The van der Waals surface area contributed by atoms with E-state index in [1.807, 2.05) is 13.8 Å². The molecule has 5 nitrogen and oxygen atoms in total. The zero-order valence-electron chi connectivity index (χ0n) is 13.2. The van der Waals surface area contributed by atoms with Crippen LogP contribution in [0.5, 0.6) is 0 Å². The second kappa shape index (κ2) is 6.18. The summed E-state index contributed by atoms with van der Waals surface area (Å²) in [5.41, 5.74) is 0.515. The van der Waals surface area contributed by atoms with Crippen molar-refractivity contribution in [2.45, 2.75) is 40.0 Å². The molecule has 1 amide bonds. The summed E-state index contributed by atoms with van der Waals surface area (Å²) in [6.45, 7) is 7.49. The second-order valence-electron chi connectivity index (χ2n) is 5.94. The van der Waals surface area contributed by atoms with E-state index in [1.54, 1.807) is 7.05 Å². The van der Waals surface area contributed by atoms with Gasteiger partial charge in [0.1, 0.15) is 16.8 Å². The summed E-state index contributed by atoms with van der Waals surface area (Å²) in [6, 6.07) is 0. The molecule has 1 aromatic rings. The minimum atomic E-state index is -0.371. The first-order chi connectivity index (χ1) is 9.91. The maximum Gasteiger partial charge on any atom is 0.227 e. The third-order valence-electron chi connectivity index (χ3n) is 4.13. The maximum atomic E-state index is 12.0. The predicted octanol–water partition coefficient (Wildman–Crippen LogP) is 2.35. The van der Waals surface area contributed by atoms with Crippen LogP contribution in [0, 0.1) is 12.3 Å². The smallest absolute Gasteiger partial charge is 0.227 e. The van der Waals surface area contributed by atoms with Crippen LogP contribution in [-0.2, 0) is 11.2 Å². The summed E-state index contributed by atoms with van der Waals surface area (Å²) in [6.07, 6.45) is 2.61. The predicted molar refractivity (Wildman–Crippen MR) is 84.8 cm³/mol. The molecular weight excluding hydrogens is 288 g/mol. The van der Waals surface area contributed by atoms with Crippen LogP contribution in [0.25, 0.3) is 0 Å².